The van der Waals surface area contributed by atoms with E-state index in [-0.39, 0.29) is 18.5 Å². The molecule has 0 aliphatic heterocycles. The van der Waals surface area contributed by atoms with Crippen LogP contribution < -0.4 is 10.6 Å². The Morgan fingerprint density at radius 2 is 2.11 bits per heavy atom. The fraction of sp³-hybridized carbons (Fsp3) is 0.846. The number of hydrogen-bond donors (Lipinski definition) is 3. The summed E-state index contributed by atoms with van der Waals surface area (Å²) < 4.78 is 0. The van der Waals surface area contributed by atoms with Crippen molar-refractivity contribution in [2.75, 3.05) is 6.54 Å². The molecule has 4 atom stereocenters. The average molecular weight is 254 g/mol. The quantitative estimate of drug-likeness (QED) is 0.697. The van der Waals surface area contributed by atoms with Crippen molar-refractivity contribution >= 4 is 12.0 Å². The molecule has 0 aromatic carbocycles. The van der Waals surface area contributed by atoms with Gasteiger partial charge in [-0.05, 0) is 43.9 Å². The molecule has 3 N–H and O–H groups in total. The molecule has 0 spiro atoms. The van der Waals surface area contributed by atoms with Crippen LogP contribution in [0.3, 0.4) is 0 Å². The molecule has 5 heteroatoms. The first kappa shape index (κ1) is 13.2. The Balaban J connectivity index is 1.64. The molecule has 5 nitrogen and oxygen atoms in total. The molecule has 4 unspecified atom stereocenters. The normalized spacial score (nSPS) is 31.1. The van der Waals surface area contributed by atoms with E-state index in [4.69, 9.17) is 5.11 Å². The Kier molecular flexibility index (Phi) is 4.09. The van der Waals surface area contributed by atoms with Crippen LogP contribution >= 0.6 is 0 Å². The lowest BCUT2D eigenvalue weighted by Crippen LogP contribution is -2.43. The van der Waals surface area contributed by atoms with Gasteiger partial charge in [0.05, 0.1) is 6.42 Å². The summed E-state index contributed by atoms with van der Waals surface area (Å²) in [5.41, 5.74) is 0. The summed E-state index contributed by atoms with van der Waals surface area (Å²) >= 11 is 0. The molecule has 2 aliphatic carbocycles. The van der Waals surface area contributed by atoms with Crippen molar-refractivity contribution in [2.45, 2.75) is 45.1 Å². The van der Waals surface area contributed by atoms with Crippen LogP contribution in [0.5, 0.6) is 0 Å². The zero-order valence-corrected chi connectivity index (χ0v) is 10.8. The molecular formula is C13H22N2O3. The molecule has 2 saturated carbocycles. The number of carbonyl (C=O) groups excluding carboxylic acids is 1. The van der Waals surface area contributed by atoms with Gasteiger partial charge >= 0.3 is 12.0 Å². The van der Waals surface area contributed by atoms with E-state index in [9.17, 15) is 9.59 Å². The van der Waals surface area contributed by atoms with Crippen molar-refractivity contribution in [1.82, 2.24) is 10.6 Å². The number of carboxylic acid groups (broad SMARTS) is 1. The van der Waals surface area contributed by atoms with E-state index in [0.717, 1.165) is 18.4 Å². The Labute approximate surface area is 107 Å². The standard InChI is InChI=1S/C13H22N2O3/c1-8(4-12(16)17)15-13(18)14-7-11-6-9-2-3-10(11)5-9/h8-11H,2-7H2,1H3,(H,16,17)(H2,14,15,18). The van der Waals surface area contributed by atoms with Crippen molar-refractivity contribution < 1.29 is 14.7 Å². The second-order valence-corrected chi connectivity index (χ2v) is 5.79. The highest BCUT2D eigenvalue weighted by Gasteiger charge is 2.39. The summed E-state index contributed by atoms with van der Waals surface area (Å²) in [5, 5.41) is 14.1. The lowest BCUT2D eigenvalue weighted by atomic mass is 9.89. The molecular weight excluding hydrogens is 232 g/mol. The maximum atomic E-state index is 11.6. The molecule has 2 bridgehead atoms. The molecule has 18 heavy (non-hydrogen) atoms. The Morgan fingerprint density at radius 3 is 2.67 bits per heavy atom. The van der Waals surface area contributed by atoms with E-state index in [2.05, 4.69) is 10.6 Å². The zero-order valence-electron chi connectivity index (χ0n) is 10.8. The zero-order chi connectivity index (χ0) is 13.1. The molecule has 0 saturated heterocycles. The smallest absolute Gasteiger partial charge is 0.315 e. The largest absolute Gasteiger partial charge is 0.481 e. The molecule has 0 aromatic rings. The van der Waals surface area contributed by atoms with Crippen LogP contribution in [0.1, 0.15) is 39.0 Å². The maximum absolute atomic E-state index is 11.6. The van der Waals surface area contributed by atoms with Gasteiger partial charge in [-0.2, -0.15) is 0 Å². The first-order valence-corrected chi connectivity index (χ1v) is 6.80. The number of amides is 2. The third-order valence-electron chi connectivity index (χ3n) is 4.27. The number of fused-ring (bicyclic) bond motifs is 2. The number of hydrogen-bond acceptors (Lipinski definition) is 2. The van der Waals surface area contributed by atoms with Gasteiger partial charge in [-0.15, -0.1) is 0 Å². The van der Waals surface area contributed by atoms with Crippen molar-refractivity contribution in [3.63, 3.8) is 0 Å². The highest BCUT2D eigenvalue weighted by Crippen LogP contribution is 2.47. The van der Waals surface area contributed by atoms with Crippen LogP contribution in [0.25, 0.3) is 0 Å². The second kappa shape index (κ2) is 5.59. The SMILES string of the molecule is CC(CC(=O)O)NC(=O)NCC1CC2CCC1C2. The van der Waals surface area contributed by atoms with E-state index in [0.29, 0.717) is 5.92 Å². The molecule has 2 fully saturated rings. The van der Waals surface area contributed by atoms with Crippen molar-refractivity contribution in [3.8, 4) is 0 Å². The number of aliphatic carboxylic acids is 1. The Bertz CT molecular complexity index is 332. The summed E-state index contributed by atoms with van der Waals surface area (Å²) in [5.74, 6) is 1.42. The van der Waals surface area contributed by atoms with Crippen LogP contribution in [0.4, 0.5) is 4.79 Å². The monoisotopic (exact) mass is 254 g/mol. The van der Waals surface area contributed by atoms with Gasteiger partial charge in [0.25, 0.3) is 0 Å². The van der Waals surface area contributed by atoms with Crippen LogP contribution in [0, 0.1) is 17.8 Å². The van der Waals surface area contributed by atoms with E-state index in [1.165, 1.54) is 25.7 Å². The highest BCUT2D eigenvalue weighted by molar-refractivity contribution is 5.75. The van der Waals surface area contributed by atoms with Crippen molar-refractivity contribution in [1.29, 1.82) is 0 Å². The lowest BCUT2D eigenvalue weighted by molar-refractivity contribution is -0.137. The Hall–Kier alpha value is -1.26. The van der Waals surface area contributed by atoms with Crippen LogP contribution in [0.15, 0.2) is 0 Å². The predicted octanol–water partition coefficient (Wildman–Crippen LogP) is 1.58. The van der Waals surface area contributed by atoms with Crippen LogP contribution in [-0.2, 0) is 4.79 Å². The Morgan fingerprint density at radius 1 is 1.33 bits per heavy atom. The van der Waals surface area contributed by atoms with Crippen molar-refractivity contribution in [3.05, 3.63) is 0 Å². The van der Waals surface area contributed by atoms with E-state index < -0.39 is 5.97 Å². The second-order valence-electron chi connectivity index (χ2n) is 5.79. The van der Waals surface area contributed by atoms with Gasteiger partial charge in [0, 0.05) is 12.6 Å². The van der Waals surface area contributed by atoms with Gasteiger partial charge in [0.2, 0.25) is 0 Å². The summed E-state index contributed by atoms with van der Waals surface area (Å²) in [7, 11) is 0. The maximum Gasteiger partial charge on any atom is 0.315 e. The third-order valence-corrected chi connectivity index (χ3v) is 4.27. The van der Waals surface area contributed by atoms with Crippen molar-refractivity contribution in [2.24, 2.45) is 17.8 Å². The number of urea groups is 1. The number of carboxylic acids is 1. The minimum atomic E-state index is -0.893. The molecule has 0 heterocycles. The third kappa shape index (κ3) is 3.37. The number of carbonyl (C=O) groups is 2. The number of rotatable bonds is 5. The number of nitrogens with one attached hydrogen (secondary N) is 2. The molecule has 2 rings (SSSR count). The first-order chi connectivity index (χ1) is 8.54. The fourth-order valence-corrected chi connectivity index (χ4v) is 3.44. The van der Waals surface area contributed by atoms with Crippen LogP contribution in [0.2, 0.25) is 0 Å². The topological polar surface area (TPSA) is 78.4 Å². The van der Waals surface area contributed by atoms with Gasteiger partial charge in [0.15, 0.2) is 0 Å². The summed E-state index contributed by atoms with van der Waals surface area (Å²) in [6, 6.07) is -0.575. The minimum absolute atomic E-state index is 0.0401. The summed E-state index contributed by atoms with van der Waals surface area (Å²) in [6.07, 6.45) is 5.22. The molecule has 0 radical (unpaired) electrons. The van der Waals surface area contributed by atoms with Gasteiger partial charge in [-0.3, -0.25) is 4.79 Å². The fourth-order valence-electron chi connectivity index (χ4n) is 3.44. The minimum Gasteiger partial charge on any atom is -0.481 e. The van der Waals surface area contributed by atoms with E-state index in [1.54, 1.807) is 6.92 Å². The van der Waals surface area contributed by atoms with Gasteiger partial charge < -0.3 is 15.7 Å². The van der Waals surface area contributed by atoms with E-state index in [1.807, 2.05) is 0 Å². The molecule has 2 aliphatic rings. The first-order valence-electron chi connectivity index (χ1n) is 6.80. The highest BCUT2D eigenvalue weighted by atomic mass is 16.4. The molecule has 2 amide bonds. The molecule has 0 aromatic heterocycles. The predicted molar refractivity (Wildman–Crippen MR) is 67.2 cm³/mol. The summed E-state index contributed by atoms with van der Waals surface area (Å²) in [6.45, 7) is 2.43. The summed E-state index contributed by atoms with van der Waals surface area (Å²) in [4.78, 5) is 22.1. The average Bonchev–Trinajstić information content (AvgIpc) is 2.86. The van der Waals surface area contributed by atoms with E-state index >= 15 is 0 Å². The van der Waals surface area contributed by atoms with Gasteiger partial charge in [-0.25, -0.2) is 4.79 Å². The molecule has 102 valence electrons. The van der Waals surface area contributed by atoms with Crippen LogP contribution in [-0.4, -0.2) is 29.7 Å². The van der Waals surface area contributed by atoms with Gasteiger partial charge in [0.1, 0.15) is 0 Å². The lowest BCUT2D eigenvalue weighted by Gasteiger charge is -2.22. The van der Waals surface area contributed by atoms with Gasteiger partial charge in [-0.1, -0.05) is 6.42 Å².